The zero-order chi connectivity index (χ0) is 11.5. The monoisotopic (exact) mass is 226 g/mol. The minimum absolute atomic E-state index is 0.145. The predicted octanol–water partition coefficient (Wildman–Crippen LogP) is 0.923. The molecule has 0 radical (unpaired) electrons. The van der Waals surface area contributed by atoms with Gasteiger partial charge in [0.2, 0.25) is 0 Å². The number of likely N-dealkylation sites (tertiary alicyclic amines) is 1. The molecule has 0 spiro atoms. The van der Waals surface area contributed by atoms with Crippen LogP contribution in [0.3, 0.4) is 0 Å². The lowest BCUT2D eigenvalue weighted by atomic mass is 9.79. The van der Waals surface area contributed by atoms with Crippen LogP contribution in [0.15, 0.2) is 0 Å². The van der Waals surface area contributed by atoms with Crippen LogP contribution in [0.1, 0.15) is 32.1 Å². The fourth-order valence-electron chi connectivity index (χ4n) is 2.73. The third-order valence-electron chi connectivity index (χ3n) is 4.13. The Morgan fingerprint density at radius 2 is 2.19 bits per heavy atom. The maximum absolute atomic E-state index is 10.9. The molecule has 0 aromatic heterocycles. The van der Waals surface area contributed by atoms with E-state index < -0.39 is 5.97 Å². The van der Waals surface area contributed by atoms with E-state index in [1.54, 1.807) is 0 Å². The summed E-state index contributed by atoms with van der Waals surface area (Å²) < 4.78 is 0. The number of carboxylic acid groups (broad SMARTS) is 1. The van der Waals surface area contributed by atoms with E-state index in [1.807, 2.05) is 0 Å². The van der Waals surface area contributed by atoms with Crippen LogP contribution in [0.25, 0.3) is 0 Å². The first-order chi connectivity index (χ1) is 7.68. The van der Waals surface area contributed by atoms with Crippen LogP contribution in [-0.4, -0.2) is 48.2 Å². The van der Waals surface area contributed by atoms with Crippen molar-refractivity contribution in [3.05, 3.63) is 0 Å². The molecule has 1 aliphatic heterocycles. The normalized spacial score (nSPS) is 35.7. The number of carbonyl (C=O) groups is 1. The van der Waals surface area contributed by atoms with Gasteiger partial charge in [-0.05, 0) is 39.3 Å². The number of likely N-dealkylation sites (N-methyl/N-ethyl adjacent to an activating group) is 1. The molecule has 1 saturated carbocycles. The summed E-state index contributed by atoms with van der Waals surface area (Å²) in [6.07, 6.45) is 5.72. The van der Waals surface area contributed by atoms with Crippen molar-refractivity contribution in [2.24, 2.45) is 5.92 Å². The first kappa shape index (κ1) is 11.9. The summed E-state index contributed by atoms with van der Waals surface area (Å²) in [6.45, 7) is 2.13. The standard InChI is InChI=1S/C12H22N2O2/c1-14-7-3-2-4-9(14)8-13-11-6-5-10(11)12(15)16/h9-11,13H,2-8H2,1H3,(H,15,16). The average Bonchev–Trinajstić information content (AvgIpc) is 2.18. The number of rotatable bonds is 4. The highest BCUT2D eigenvalue weighted by Crippen LogP contribution is 2.27. The van der Waals surface area contributed by atoms with Crippen LogP contribution in [0.2, 0.25) is 0 Å². The molecule has 1 aliphatic carbocycles. The Bertz CT molecular complexity index is 257. The molecule has 2 rings (SSSR count). The van der Waals surface area contributed by atoms with Crippen LogP contribution >= 0.6 is 0 Å². The molecule has 2 N–H and O–H groups in total. The third kappa shape index (κ3) is 2.55. The van der Waals surface area contributed by atoms with Crippen LogP contribution in [0, 0.1) is 5.92 Å². The SMILES string of the molecule is CN1CCCCC1CNC1CCC1C(=O)O. The van der Waals surface area contributed by atoms with Gasteiger partial charge in [0.25, 0.3) is 0 Å². The van der Waals surface area contributed by atoms with Crippen molar-refractivity contribution >= 4 is 5.97 Å². The molecule has 3 atom stereocenters. The molecular weight excluding hydrogens is 204 g/mol. The van der Waals surface area contributed by atoms with Crippen molar-refractivity contribution in [2.45, 2.75) is 44.2 Å². The van der Waals surface area contributed by atoms with E-state index in [0.717, 1.165) is 19.4 Å². The van der Waals surface area contributed by atoms with Gasteiger partial charge in [-0.1, -0.05) is 6.42 Å². The van der Waals surface area contributed by atoms with Crippen LogP contribution in [0.5, 0.6) is 0 Å². The molecule has 3 unspecified atom stereocenters. The van der Waals surface area contributed by atoms with Crippen molar-refractivity contribution in [3.63, 3.8) is 0 Å². The van der Waals surface area contributed by atoms with E-state index in [1.165, 1.54) is 25.8 Å². The summed E-state index contributed by atoms with van der Waals surface area (Å²) in [5.74, 6) is -0.783. The summed E-state index contributed by atoms with van der Waals surface area (Å²) >= 11 is 0. The van der Waals surface area contributed by atoms with Gasteiger partial charge in [0.1, 0.15) is 0 Å². The number of nitrogens with zero attached hydrogens (tertiary/aromatic N) is 1. The Balaban J connectivity index is 1.72. The zero-order valence-corrected chi connectivity index (χ0v) is 9.98. The van der Waals surface area contributed by atoms with Gasteiger partial charge in [0.05, 0.1) is 5.92 Å². The van der Waals surface area contributed by atoms with E-state index >= 15 is 0 Å². The highest BCUT2D eigenvalue weighted by molar-refractivity contribution is 5.72. The molecule has 4 heteroatoms. The van der Waals surface area contributed by atoms with Crippen molar-refractivity contribution in [2.75, 3.05) is 20.1 Å². The maximum atomic E-state index is 10.9. The third-order valence-corrected chi connectivity index (χ3v) is 4.13. The largest absolute Gasteiger partial charge is 0.481 e. The van der Waals surface area contributed by atoms with Gasteiger partial charge in [-0.3, -0.25) is 4.79 Å². The van der Waals surface area contributed by atoms with E-state index in [9.17, 15) is 4.79 Å². The molecule has 4 nitrogen and oxygen atoms in total. The van der Waals surface area contributed by atoms with E-state index in [-0.39, 0.29) is 12.0 Å². The summed E-state index contributed by atoms with van der Waals surface area (Å²) in [7, 11) is 2.17. The lowest BCUT2D eigenvalue weighted by molar-refractivity contribution is -0.146. The Morgan fingerprint density at radius 1 is 1.38 bits per heavy atom. The quantitative estimate of drug-likeness (QED) is 0.748. The van der Waals surface area contributed by atoms with Gasteiger partial charge in [-0.2, -0.15) is 0 Å². The summed E-state index contributed by atoms with van der Waals surface area (Å²) in [5, 5.41) is 12.4. The first-order valence-electron chi connectivity index (χ1n) is 6.35. The van der Waals surface area contributed by atoms with E-state index in [2.05, 4.69) is 17.3 Å². The Hall–Kier alpha value is -0.610. The van der Waals surface area contributed by atoms with Gasteiger partial charge in [0.15, 0.2) is 0 Å². The number of aliphatic carboxylic acids is 1. The van der Waals surface area contributed by atoms with Crippen molar-refractivity contribution in [1.82, 2.24) is 10.2 Å². The maximum Gasteiger partial charge on any atom is 0.308 e. The van der Waals surface area contributed by atoms with Gasteiger partial charge in [-0.25, -0.2) is 0 Å². The minimum Gasteiger partial charge on any atom is -0.481 e. The summed E-state index contributed by atoms with van der Waals surface area (Å²) in [4.78, 5) is 13.3. The van der Waals surface area contributed by atoms with Crippen LogP contribution in [-0.2, 0) is 4.79 Å². The zero-order valence-electron chi connectivity index (χ0n) is 9.98. The lowest BCUT2D eigenvalue weighted by Gasteiger charge is -2.38. The molecule has 0 aromatic rings. The number of hydrogen-bond donors (Lipinski definition) is 2. The van der Waals surface area contributed by atoms with Gasteiger partial charge < -0.3 is 15.3 Å². The lowest BCUT2D eigenvalue weighted by Crippen LogP contribution is -2.52. The summed E-state index contributed by atoms with van der Waals surface area (Å²) in [5.41, 5.74) is 0. The van der Waals surface area contributed by atoms with Crippen LogP contribution < -0.4 is 5.32 Å². The summed E-state index contributed by atoms with van der Waals surface area (Å²) in [6, 6.07) is 0.816. The topological polar surface area (TPSA) is 52.6 Å². The minimum atomic E-state index is -0.638. The Kier molecular flexibility index (Phi) is 3.82. The van der Waals surface area contributed by atoms with E-state index in [4.69, 9.17) is 5.11 Å². The Morgan fingerprint density at radius 3 is 2.75 bits per heavy atom. The van der Waals surface area contributed by atoms with E-state index in [0.29, 0.717) is 6.04 Å². The fourth-order valence-corrected chi connectivity index (χ4v) is 2.73. The molecule has 2 fully saturated rings. The molecule has 92 valence electrons. The number of hydrogen-bond acceptors (Lipinski definition) is 3. The van der Waals surface area contributed by atoms with Crippen molar-refractivity contribution < 1.29 is 9.90 Å². The Labute approximate surface area is 97.0 Å². The average molecular weight is 226 g/mol. The molecular formula is C12H22N2O2. The second-order valence-corrected chi connectivity index (χ2v) is 5.17. The second kappa shape index (κ2) is 5.15. The van der Waals surface area contributed by atoms with Gasteiger partial charge >= 0.3 is 5.97 Å². The fraction of sp³-hybridized carbons (Fsp3) is 0.917. The number of nitrogens with one attached hydrogen (secondary N) is 1. The smallest absolute Gasteiger partial charge is 0.308 e. The highest BCUT2D eigenvalue weighted by Gasteiger charge is 2.36. The number of piperidine rings is 1. The molecule has 0 bridgehead atoms. The highest BCUT2D eigenvalue weighted by atomic mass is 16.4. The van der Waals surface area contributed by atoms with Gasteiger partial charge in [0, 0.05) is 18.6 Å². The molecule has 1 saturated heterocycles. The van der Waals surface area contributed by atoms with Gasteiger partial charge in [-0.15, -0.1) is 0 Å². The second-order valence-electron chi connectivity index (χ2n) is 5.17. The molecule has 1 heterocycles. The van der Waals surface area contributed by atoms with Crippen molar-refractivity contribution in [1.29, 1.82) is 0 Å². The first-order valence-corrected chi connectivity index (χ1v) is 6.35. The molecule has 2 aliphatic rings. The van der Waals surface area contributed by atoms with Crippen molar-refractivity contribution in [3.8, 4) is 0 Å². The predicted molar refractivity (Wildman–Crippen MR) is 62.4 cm³/mol. The molecule has 16 heavy (non-hydrogen) atoms. The number of carboxylic acids is 1. The molecule has 0 amide bonds. The van der Waals surface area contributed by atoms with Crippen LogP contribution in [0.4, 0.5) is 0 Å². The molecule has 0 aromatic carbocycles.